The highest BCUT2D eigenvalue weighted by molar-refractivity contribution is 4.96. The lowest BCUT2D eigenvalue weighted by molar-refractivity contribution is 0.141. The molecule has 3 rings (SSSR count). The van der Waals surface area contributed by atoms with Crippen LogP contribution in [0.15, 0.2) is 0 Å². The van der Waals surface area contributed by atoms with Gasteiger partial charge >= 0.3 is 0 Å². The summed E-state index contributed by atoms with van der Waals surface area (Å²) in [5.74, 6) is 0.524. The largest absolute Gasteiger partial charge is 0.394 e. The summed E-state index contributed by atoms with van der Waals surface area (Å²) in [6.07, 6.45) is 8.66. The molecule has 3 aliphatic rings. The predicted molar refractivity (Wildman–Crippen MR) is 81.6 cm³/mol. The van der Waals surface area contributed by atoms with Crippen LogP contribution in [0, 0.1) is 5.92 Å². The topological polar surface area (TPSA) is 52.7 Å². The van der Waals surface area contributed by atoms with Crippen molar-refractivity contribution in [2.75, 3.05) is 39.3 Å². The normalized spacial score (nSPS) is 39.9. The Bertz CT molecular complexity index is 325. The Labute approximate surface area is 123 Å². The summed E-state index contributed by atoms with van der Waals surface area (Å²) in [5.41, 5.74) is 6.07. The van der Waals surface area contributed by atoms with E-state index in [1.54, 1.807) is 0 Å². The number of nitrogens with zero attached hydrogens (tertiary/aromatic N) is 2. The first-order chi connectivity index (χ1) is 9.71. The Morgan fingerprint density at radius 3 is 2.80 bits per heavy atom. The van der Waals surface area contributed by atoms with Crippen LogP contribution >= 0.6 is 0 Å². The van der Waals surface area contributed by atoms with Crippen molar-refractivity contribution < 1.29 is 5.11 Å². The highest BCUT2D eigenvalue weighted by Crippen LogP contribution is 2.36. The third-order valence-electron chi connectivity index (χ3n) is 5.98. The molecule has 4 nitrogen and oxygen atoms in total. The molecule has 4 heteroatoms. The third kappa shape index (κ3) is 3.03. The van der Waals surface area contributed by atoms with E-state index in [-0.39, 0.29) is 12.1 Å². The summed E-state index contributed by atoms with van der Waals surface area (Å²) in [4.78, 5) is 5.35. The number of hydrogen-bond donors (Lipinski definition) is 2. The van der Waals surface area contributed by atoms with Gasteiger partial charge in [0.1, 0.15) is 0 Å². The van der Waals surface area contributed by atoms with Gasteiger partial charge in [0.05, 0.1) is 6.61 Å². The van der Waals surface area contributed by atoms with E-state index < -0.39 is 0 Å². The molecule has 3 fully saturated rings. The van der Waals surface area contributed by atoms with E-state index in [1.165, 1.54) is 71.2 Å². The van der Waals surface area contributed by atoms with Crippen molar-refractivity contribution in [3.05, 3.63) is 0 Å². The first-order valence-corrected chi connectivity index (χ1v) is 8.57. The Morgan fingerprint density at radius 2 is 1.95 bits per heavy atom. The maximum Gasteiger partial charge on any atom is 0.0613 e. The zero-order chi connectivity index (χ0) is 14.0. The molecule has 20 heavy (non-hydrogen) atoms. The highest BCUT2D eigenvalue weighted by atomic mass is 16.3. The van der Waals surface area contributed by atoms with Gasteiger partial charge < -0.3 is 15.7 Å². The van der Waals surface area contributed by atoms with Crippen LogP contribution in [0.5, 0.6) is 0 Å². The molecule has 116 valence electrons. The predicted octanol–water partition coefficient (Wildman–Crippen LogP) is 1.04. The van der Waals surface area contributed by atoms with Crippen LogP contribution in [-0.2, 0) is 0 Å². The summed E-state index contributed by atoms with van der Waals surface area (Å²) >= 11 is 0. The summed E-state index contributed by atoms with van der Waals surface area (Å²) < 4.78 is 0. The number of fused-ring (bicyclic) bond motifs is 1. The van der Waals surface area contributed by atoms with E-state index in [1.807, 2.05) is 0 Å². The van der Waals surface area contributed by atoms with E-state index in [0.717, 1.165) is 12.5 Å². The van der Waals surface area contributed by atoms with E-state index in [4.69, 9.17) is 5.73 Å². The standard InChI is InChI=1S/C16H31N3O/c17-16(13-20)7-1-4-14(16)6-11-18-8-3-10-19-9-2-5-15(19)12-18/h14-15,20H,1-13,17H2. The molecule has 0 amide bonds. The zero-order valence-electron chi connectivity index (χ0n) is 12.8. The minimum absolute atomic E-state index is 0.161. The number of rotatable bonds is 4. The molecule has 3 unspecified atom stereocenters. The molecule has 0 radical (unpaired) electrons. The molecule has 0 aromatic heterocycles. The zero-order valence-corrected chi connectivity index (χ0v) is 12.8. The molecule has 1 aliphatic carbocycles. The second kappa shape index (κ2) is 6.30. The van der Waals surface area contributed by atoms with Crippen LogP contribution in [0.3, 0.4) is 0 Å². The van der Waals surface area contributed by atoms with E-state index >= 15 is 0 Å². The van der Waals surface area contributed by atoms with Crippen molar-refractivity contribution in [3.63, 3.8) is 0 Å². The van der Waals surface area contributed by atoms with Crippen LogP contribution in [0.25, 0.3) is 0 Å². The molecule has 3 atom stereocenters. The van der Waals surface area contributed by atoms with Crippen molar-refractivity contribution in [2.24, 2.45) is 11.7 Å². The SMILES string of the molecule is NC1(CO)CCCC1CCN1CCCN2CCCC2C1. The van der Waals surface area contributed by atoms with Gasteiger partial charge in [-0.3, -0.25) is 4.90 Å². The van der Waals surface area contributed by atoms with Crippen LogP contribution < -0.4 is 5.73 Å². The smallest absolute Gasteiger partial charge is 0.0613 e. The molecule has 0 spiro atoms. The number of aliphatic hydroxyl groups excluding tert-OH is 1. The van der Waals surface area contributed by atoms with Gasteiger partial charge in [-0.05, 0) is 70.6 Å². The molecule has 2 aliphatic heterocycles. The summed E-state index contributed by atoms with van der Waals surface area (Å²) in [6.45, 7) is 6.45. The van der Waals surface area contributed by atoms with Crippen molar-refractivity contribution in [1.29, 1.82) is 0 Å². The van der Waals surface area contributed by atoms with Crippen LogP contribution in [0.4, 0.5) is 0 Å². The van der Waals surface area contributed by atoms with Gasteiger partial charge in [-0.15, -0.1) is 0 Å². The Balaban J connectivity index is 1.50. The van der Waals surface area contributed by atoms with Gasteiger partial charge in [0.15, 0.2) is 0 Å². The van der Waals surface area contributed by atoms with Crippen LogP contribution in [-0.4, -0.2) is 65.8 Å². The number of nitrogens with two attached hydrogens (primary N) is 1. The Morgan fingerprint density at radius 1 is 1.10 bits per heavy atom. The molecule has 1 saturated carbocycles. The van der Waals surface area contributed by atoms with Gasteiger partial charge in [0, 0.05) is 18.1 Å². The fraction of sp³-hybridized carbons (Fsp3) is 1.00. The minimum Gasteiger partial charge on any atom is -0.394 e. The molecule has 0 aromatic rings. The second-order valence-corrected chi connectivity index (χ2v) is 7.26. The molecule has 0 aromatic carbocycles. The summed E-state index contributed by atoms with van der Waals surface area (Å²) in [6, 6.07) is 0.807. The molecule has 2 saturated heterocycles. The lowest BCUT2D eigenvalue weighted by atomic mass is 9.86. The van der Waals surface area contributed by atoms with Gasteiger partial charge in [0.2, 0.25) is 0 Å². The first kappa shape index (κ1) is 14.8. The van der Waals surface area contributed by atoms with Crippen molar-refractivity contribution in [2.45, 2.75) is 56.5 Å². The number of hydrogen-bond acceptors (Lipinski definition) is 4. The van der Waals surface area contributed by atoms with E-state index in [2.05, 4.69) is 9.80 Å². The average Bonchev–Trinajstić information content (AvgIpc) is 2.99. The lowest BCUT2D eigenvalue weighted by Gasteiger charge is -2.32. The minimum atomic E-state index is -0.286. The van der Waals surface area contributed by atoms with Crippen LogP contribution in [0.2, 0.25) is 0 Å². The maximum atomic E-state index is 9.56. The fourth-order valence-corrected chi connectivity index (χ4v) is 4.63. The molecular weight excluding hydrogens is 250 g/mol. The molecule has 2 heterocycles. The van der Waals surface area contributed by atoms with Crippen molar-refractivity contribution in [1.82, 2.24) is 9.80 Å². The monoisotopic (exact) mass is 281 g/mol. The fourth-order valence-electron chi connectivity index (χ4n) is 4.63. The molecule has 3 N–H and O–H groups in total. The van der Waals surface area contributed by atoms with Gasteiger partial charge in [0.25, 0.3) is 0 Å². The van der Waals surface area contributed by atoms with Gasteiger partial charge in [-0.25, -0.2) is 0 Å². The maximum absolute atomic E-state index is 9.56. The van der Waals surface area contributed by atoms with Crippen molar-refractivity contribution >= 4 is 0 Å². The molecule has 0 bridgehead atoms. The first-order valence-electron chi connectivity index (χ1n) is 8.57. The summed E-state index contributed by atoms with van der Waals surface area (Å²) in [7, 11) is 0. The molecular formula is C16H31N3O. The van der Waals surface area contributed by atoms with E-state index in [0.29, 0.717) is 5.92 Å². The summed E-state index contributed by atoms with van der Waals surface area (Å²) in [5, 5.41) is 9.56. The lowest BCUT2D eigenvalue weighted by Crippen LogP contribution is -2.48. The highest BCUT2D eigenvalue weighted by Gasteiger charge is 2.39. The Hall–Kier alpha value is -0.160. The third-order valence-corrected chi connectivity index (χ3v) is 5.98. The quantitative estimate of drug-likeness (QED) is 0.808. The van der Waals surface area contributed by atoms with Crippen LogP contribution in [0.1, 0.15) is 44.9 Å². The number of aliphatic hydroxyl groups is 1. The van der Waals surface area contributed by atoms with E-state index in [9.17, 15) is 5.11 Å². The Kier molecular flexibility index (Phi) is 4.65. The second-order valence-electron chi connectivity index (χ2n) is 7.26. The van der Waals surface area contributed by atoms with Gasteiger partial charge in [-0.1, -0.05) is 6.42 Å². The average molecular weight is 281 g/mol. The van der Waals surface area contributed by atoms with Crippen molar-refractivity contribution in [3.8, 4) is 0 Å². The van der Waals surface area contributed by atoms with Gasteiger partial charge in [-0.2, -0.15) is 0 Å².